The van der Waals surface area contributed by atoms with E-state index in [4.69, 9.17) is 0 Å². The molecule has 156 valence electrons. The number of halogens is 1. The van der Waals surface area contributed by atoms with Crippen molar-refractivity contribution in [3.63, 3.8) is 0 Å². The summed E-state index contributed by atoms with van der Waals surface area (Å²) in [4.78, 5) is 44.3. The van der Waals surface area contributed by atoms with Crippen molar-refractivity contribution in [3.05, 3.63) is 44.6 Å². The molecule has 1 aromatic heterocycles. The van der Waals surface area contributed by atoms with E-state index in [9.17, 15) is 18.8 Å². The summed E-state index contributed by atoms with van der Waals surface area (Å²) in [6.45, 7) is 4.37. The molecule has 4 aliphatic rings. The van der Waals surface area contributed by atoms with E-state index in [0.717, 1.165) is 22.7 Å². The molecule has 2 aromatic rings. The Balaban J connectivity index is 1.43. The molecule has 2 aliphatic carbocycles. The Labute approximate surface area is 181 Å². The van der Waals surface area contributed by atoms with Gasteiger partial charge in [0.05, 0.1) is 22.5 Å². The summed E-state index contributed by atoms with van der Waals surface area (Å²) in [7, 11) is 0. The number of hydrogen-bond acceptors (Lipinski definition) is 5. The van der Waals surface area contributed by atoms with Gasteiger partial charge in [-0.3, -0.25) is 19.3 Å². The van der Waals surface area contributed by atoms with Crippen molar-refractivity contribution in [2.24, 2.45) is 29.6 Å². The number of carbonyl (C=O) groups excluding carboxylic acids is 2. The summed E-state index contributed by atoms with van der Waals surface area (Å²) in [6, 6.07) is 5.59. The number of anilines is 1. The van der Waals surface area contributed by atoms with Crippen molar-refractivity contribution in [2.75, 3.05) is 4.90 Å². The van der Waals surface area contributed by atoms with E-state index in [-0.39, 0.29) is 62.8 Å². The first-order chi connectivity index (χ1) is 14.3. The van der Waals surface area contributed by atoms with Gasteiger partial charge in [0.25, 0.3) is 0 Å². The zero-order valence-corrected chi connectivity index (χ0v) is 18.2. The van der Waals surface area contributed by atoms with Crippen LogP contribution in [0.5, 0.6) is 0 Å². The van der Waals surface area contributed by atoms with Crippen LogP contribution in [0.25, 0.3) is 0 Å². The summed E-state index contributed by atoms with van der Waals surface area (Å²) in [6.07, 6.45) is 1.78. The number of hydrogen-bond donors (Lipinski definition) is 1. The van der Waals surface area contributed by atoms with Gasteiger partial charge in [-0.2, -0.15) is 0 Å². The van der Waals surface area contributed by atoms with E-state index in [1.807, 2.05) is 0 Å². The van der Waals surface area contributed by atoms with Crippen LogP contribution in [-0.4, -0.2) is 22.0 Å². The van der Waals surface area contributed by atoms with Gasteiger partial charge in [0.15, 0.2) is 0 Å². The van der Waals surface area contributed by atoms with Crippen molar-refractivity contribution >= 4 is 40.6 Å². The fraction of sp³-hybridized carbons (Fsp3) is 0.500. The zero-order chi connectivity index (χ0) is 20.9. The average molecular weight is 445 g/mol. The number of amides is 2. The van der Waals surface area contributed by atoms with Crippen molar-refractivity contribution in [3.8, 4) is 0 Å². The fourth-order valence-corrected chi connectivity index (χ4v) is 9.93. The molecule has 30 heavy (non-hydrogen) atoms. The first-order valence-corrected chi connectivity index (χ1v) is 12.1. The van der Waals surface area contributed by atoms with E-state index < -0.39 is 0 Å². The lowest BCUT2D eigenvalue weighted by atomic mass is 9.62. The maximum absolute atomic E-state index is 13.4. The predicted molar refractivity (Wildman–Crippen MR) is 113 cm³/mol. The number of carbonyl (C=O) groups is 2. The molecule has 1 N–H and O–H groups in total. The van der Waals surface area contributed by atoms with Crippen molar-refractivity contribution in [1.29, 1.82) is 0 Å². The SMILES string of the molecule is CC[C@]1(C)c2sc(=O)[nH]c2S[C@@H]2[C@H]3C[C@@H]([C@@H]4C(=O)N(c5ccc(F)cc5)C(=O)[C@H]34)[C@H]21. The summed E-state index contributed by atoms with van der Waals surface area (Å²) in [5.74, 6) is -0.770. The highest BCUT2D eigenvalue weighted by molar-refractivity contribution is 8.00. The third-order valence-electron chi connectivity index (χ3n) is 8.05. The molecule has 0 unspecified atom stereocenters. The van der Waals surface area contributed by atoms with Crippen LogP contribution < -0.4 is 9.77 Å². The highest BCUT2D eigenvalue weighted by Gasteiger charge is 2.71. The van der Waals surface area contributed by atoms with Crippen LogP contribution in [0, 0.1) is 35.4 Å². The molecule has 0 spiro atoms. The molecular weight excluding hydrogens is 423 g/mol. The topological polar surface area (TPSA) is 70.2 Å². The number of benzene rings is 1. The third kappa shape index (κ3) is 2.16. The maximum atomic E-state index is 13.4. The molecule has 2 saturated carbocycles. The Morgan fingerprint density at radius 1 is 1.13 bits per heavy atom. The van der Waals surface area contributed by atoms with Crippen LogP contribution in [0.3, 0.4) is 0 Å². The van der Waals surface area contributed by atoms with E-state index in [2.05, 4.69) is 18.8 Å². The highest BCUT2D eigenvalue weighted by atomic mass is 32.2. The quantitative estimate of drug-likeness (QED) is 0.716. The number of aromatic amines is 1. The Morgan fingerprint density at radius 3 is 2.47 bits per heavy atom. The van der Waals surface area contributed by atoms with Gasteiger partial charge in [0.2, 0.25) is 11.8 Å². The van der Waals surface area contributed by atoms with Crippen LogP contribution >= 0.6 is 23.1 Å². The first-order valence-electron chi connectivity index (χ1n) is 10.4. The fourth-order valence-electron chi connectivity index (χ4n) is 6.74. The first kappa shape index (κ1) is 18.8. The van der Waals surface area contributed by atoms with Gasteiger partial charge >= 0.3 is 4.87 Å². The van der Waals surface area contributed by atoms with Crippen LogP contribution in [0.15, 0.2) is 34.1 Å². The highest BCUT2D eigenvalue weighted by Crippen LogP contribution is 2.69. The van der Waals surface area contributed by atoms with Gasteiger partial charge in [0, 0.05) is 15.5 Å². The second kappa shape index (κ2) is 6.07. The molecule has 8 heteroatoms. The molecule has 5 nitrogen and oxygen atoms in total. The monoisotopic (exact) mass is 444 g/mol. The van der Waals surface area contributed by atoms with Gasteiger partial charge in [-0.25, -0.2) is 4.39 Å². The summed E-state index contributed by atoms with van der Waals surface area (Å²) in [5.41, 5.74) is 0.282. The average Bonchev–Trinajstić information content (AvgIpc) is 3.44. The Kier molecular flexibility index (Phi) is 3.80. The molecular formula is C22H21FN2O3S2. The number of aromatic nitrogens is 1. The number of rotatable bonds is 2. The molecule has 0 radical (unpaired) electrons. The second-order valence-corrected chi connectivity index (χ2v) is 11.3. The van der Waals surface area contributed by atoms with Gasteiger partial charge in [-0.15, -0.1) is 11.8 Å². The molecule has 2 aliphatic heterocycles. The smallest absolute Gasteiger partial charge is 0.305 e. The van der Waals surface area contributed by atoms with Gasteiger partial charge < -0.3 is 4.98 Å². The lowest BCUT2D eigenvalue weighted by Gasteiger charge is -2.48. The second-order valence-electron chi connectivity index (χ2n) is 9.16. The molecule has 3 heterocycles. The number of thiazole rings is 1. The van der Waals surface area contributed by atoms with Crippen LogP contribution in [0.2, 0.25) is 0 Å². The molecule has 3 fully saturated rings. The lowest BCUT2D eigenvalue weighted by Crippen LogP contribution is -2.49. The predicted octanol–water partition coefficient (Wildman–Crippen LogP) is 3.79. The van der Waals surface area contributed by atoms with Gasteiger partial charge in [-0.05, 0) is 54.9 Å². The van der Waals surface area contributed by atoms with E-state index in [1.54, 1.807) is 11.8 Å². The molecule has 6 rings (SSSR count). The van der Waals surface area contributed by atoms with Crippen molar-refractivity contribution in [2.45, 2.75) is 42.4 Å². The number of imide groups is 1. The van der Waals surface area contributed by atoms with Crippen LogP contribution in [0.4, 0.5) is 10.1 Å². The molecule has 1 aromatic carbocycles. The van der Waals surface area contributed by atoms with Crippen LogP contribution in [0.1, 0.15) is 31.6 Å². The normalized spacial score (nSPS) is 38.7. The van der Waals surface area contributed by atoms with Gasteiger partial charge in [-0.1, -0.05) is 25.2 Å². The molecule has 1 saturated heterocycles. The molecule has 7 atom stereocenters. The largest absolute Gasteiger partial charge is 0.307 e. The number of H-pyrrole nitrogens is 1. The number of nitrogens with zero attached hydrogens (tertiary/aromatic N) is 1. The minimum atomic E-state index is -0.389. The number of fused-ring (bicyclic) bond motifs is 9. The summed E-state index contributed by atoms with van der Waals surface area (Å²) >= 11 is 3.00. The maximum Gasteiger partial charge on any atom is 0.305 e. The Morgan fingerprint density at radius 2 is 1.80 bits per heavy atom. The minimum Gasteiger partial charge on any atom is -0.307 e. The van der Waals surface area contributed by atoms with E-state index >= 15 is 0 Å². The van der Waals surface area contributed by atoms with E-state index in [1.165, 1.54) is 40.5 Å². The number of thioether (sulfide) groups is 1. The lowest BCUT2D eigenvalue weighted by molar-refractivity contribution is -0.123. The Bertz CT molecular complexity index is 1140. The molecule has 2 amide bonds. The Hall–Kier alpha value is -1.93. The molecule has 2 bridgehead atoms. The van der Waals surface area contributed by atoms with Crippen molar-refractivity contribution in [1.82, 2.24) is 4.98 Å². The summed E-state index contributed by atoms with van der Waals surface area (Å²) in [5, 5.41) is 1.18. The standard InChI is InChI=1S/C22H21FN2O3S2/c1-3-22(2)15-11-8-12(16(15)29-18-17(22)30-21(28)24-18)14-13(11)19(26)25(20(14)27)10-6-4-9(23)5-7-10/h4-7,11-16H,3,8H2,1-2H3,(H,24,28)/t11-,12-,13-,14+,15+,16+,22-/m0/s1. The van der Waals surface area contributed by atoms with Crippen LogP contribution in [-0.2, 0) is 15.0 Å². The van der Waals surface area contributed by atoms with E-state index in [0.29, 0.717) is 5.69 Å². The number of nitrogens with one attached hydrogen (secondary N) is 1. The third-order valence-corrected chi connectivity index (χ3v) is 10.8. The summed E-state index contributed by atoms with van der Waals surface area (Å²) < 4.78 is 13.4. The van der Waals surface area contributed by atoms with Crippen molar-refractivity contribution < 1.29 is 14.0 Å². The van der Waals surface area contributed by atoms with Gasteiger partial charge in [0.1, 0.15) is 5.82 Å². The zero-order valence-electron chi connectivity index (χ0n) is 16.6. The minimum absolute atomic E-state index is 0.0330.